The molecule has 1 N–H and O–H groups in total. The molecule has 0 bridgehead atoms. The lowest BCUT2D eigenvalue weighted by molar-refractivity contribution is 0.420. The van der Waals surface area contributed by atoms with Crippen molar-refractivity contribution in [3.63, 3.8) is 0 Å². The average Bonchev–Trinajstić information content (AvgIpc) is 3.08. The quantitative estimate of drug-likeness (QED) is 0.528. The normalized spacial score (nSPS) is 11.7. The summed E-state index contributed by atoms with van der Waals surface area (Å²) in [6.45, 7) is 2.03. The maximum Gasteiger partial charge on any atom is 0.149 e. The van der Waals surface area contributed by atoms with Gasteiger partial charge in [0.2, 0.25) is 0 Å². The zero-order chi connectivity index (χ0) is 18.1. The van der Waals surface area contributed by atoms with Gasteiger partial charge >= 0.3 is 0 Å². The summed E-state index contributed by atoms with van der Waals surface area (Å²) in [6, 6.07) is 20.2. The summed E-state index contributed by atoms with van der Waals surface area (Å²) in [5.74, 6) is 1.39. The van der Waals surface area contributed by atoms with E-state index in [0.717, 1.165) is 38.7 Å². The Balaban J connectivity index is 1.88. The molecule has 1 aromatic heterocycles. The zero-order valence-corrected chi connectivity index (χ0v) is 14.6. The zero-order valence-electron chi connectivity index (χ0n) is 14.6. The fourth-order valence-corrected chi connectivity index (χ4v) is 3.16. The van der Waals surface area contributed by atoms with Crippen LogP contribution in [0.2, 0.25) is 0 Å². The van der Waals surface area contributed by atoms with Crippen LogP contribution >= 0.6 is 0 Å². The van der Waals surface area contributed by atoms with Crippen LogP contribution < -0.4 is 4.74 Å². The van der Waals surface area contributed by atoms with E-state index in [0.29, 0.717) is 11.4 Å². The monoisotopic (exact) mass is 339 g/mol. The number of ether oxygens (including phenoxy) is 1. The molecule has 1 heterocycles. The fourth-order valence-electron chi connectivity index (χ4n) is 3.16. The predicted molar refractivity (Wildman–Crippen MR) is 105 cm³/mol. The second kappa shape index (κ2) is 6.38. The average molecular weight is 339 g/mol. The molecule has 4 heteroatoms. The molecule has 0 fully saturated rings. The minimum absolute atomic E-state index is 0.495. The van der Waals surface area contributed by atoms with E-state index in [4.69, 9.17) is 4.74 Å². The number of aryl methyl sites for hydroxylation is 1. The van der Waals surface area contributed by atoms with Gasteiger partial charge in [0, 0.05) is 5.39 Å². The Kier molecular flexibility index (Phi) is 3.91. The molecule has 0 radical (unpaired) electrons. The highest BCUT2D eigenvalue weighted by molar-refractivity contribution is 6.00. The first-order valence-corrected chi connectivity index (χ1v) is 8.34. The number of H-pyrrole nitrogens is 1. The number of benzene rings is 3. The third kappa shape index (κ3) is 2.70. The van der Waals surface area contributed by atoms with E-state index in [9.17, 15) is 5.26 Å². The molecule has 0 saturated carbocycles. The van der Waals surface area contributed by atoms with Gasteiger partial charge in [-0.2, -0.15) is 5.26 Å². The molecule has 0 aliphatic carbocycles. The number of nitrogens with zero attached hydrogens (tertiary/aromatic N) is 2. The van der Waals surface area contributed by atoms with Crippen LogP contribution in [0.5, 0.6) is 5.75 Å². The number of nitrogens with one attached hydrogen (secondary N) is 1. The van der Waals surface area contributed by atoms with Crippen molar-refractivity contribution in [1.29, 1.82) is 5.26 Å². The largest absolute Gasteiger partial charge is 0.496 e. The van der Waals surface area contributed by atoms with Gasteiger partial charge in [-0.25, -0.2) is 4.98 Å². The summed E-state index contributed by atoms with van der Waals surface area (Å²) >= 11 is 0. The highest BCUT2D eigenvalue weighted by Crippen LogP contribution is 2.30. The van der Waals surface area contributed by atoms with Crippen LogP contribution in [0.25, 0.3) is 33.5 Å². The summed E-state index contributed by atoms with van der Waals surface area (Å²) in [7, 11) is 1.66. The van der Waals surface area contributed by atoms with Crippen molar-refractivity contribution >= 4 is 33.5 Å². The maximum absolute atomic E-state index is 9.69. The number of allylic oxidation sites excluding steroid dienone is 1. The van der Waals surface area contributed by atoms with Gasteiger partial charge in [-0.05, 0) is 47.7 Å². The number of methoxy groups -OCH3 is 1. The number of nitriles is 1. The van der Waals surface area contributed by atoms with Crippen LogP contribution in [-0.2, 0) is 0 Å². The Labute approximate surface area is 151 Å². The molecule has 0 saturated heterocycles. The second-order valence-electron chi connectivity index (χ2n) is 6.18. The first-order chi connectivity index (χ1) is 12.7. The lowest BCUT2D eigenvalue weighted by atomic mass is 10.0. The third-order valence-corrected chi connectivity index (χ3v) is 4.45. The van der Waals surface area contributed by atoms with Crippen LogP contribution in [0.15, 0.2) is 54.6 Å². The highest BCUT2D eigenvalue weighted by atomic mass is 16.5. The number of aromatic nitrogens is 2. The highest BCUT2D eigenvalue weighted by Gasteiger charge is 2.10. The fraction of sp³-hybridized carbons (Fsp3) is 0.0909. The summed E-state index contributed by atoms with van der Waals surface area (Å²) < 4.78 is 5.45. The van der Waals surface area contributed by atoms with Crippen LogP contribution in [0.3, 0.4) is 0 Å². The van der Waals surface area contributed by atoms with Crippen molar-refractivity contribution in [1.82, 2.24) is 9.97 Å². The number of rotatable bonds is 3. The van der Waals surface area contributed by atoms with Gasteiger partial charge in [0.05, 0.1) is 23.7 Å². The van der Waals surface area contributed by atoms with Crippen molar-refractivity contribution in [2.45, 2.75) is 6.92 Å². The molecule has 4 rings (SSSR count). The van der Waals surface area contributed by atoms with Gasteiger partial charge in [-0.1, -0.05) is 36.4 Å². The van der Waals surface area contributed by atoms with Gasteiger partial charge in [0.1, 0.15) is 17.6 Å². The topological polar surface area (TPSA) is 61.7 Å². The van der Waals surface area contributed by atoms with Crippen LogP contribution in [0, 0.1) is 18.3 Å². The molecule has 26 heavy (non-hydrogen) atoms. The molecule has 3 aromatic carbocycles. The molecular formula is C22H17N3O. The molecular weight excluding hydrogens is 322 g/mol. The van der Waals surface area contributed by atoms with E-state index >= 15 is 0 Å². The first-order valence-electron chi connectivity index (χ1n) is 8.34. The summed E-state index contributed by atoms with van der Waals surface area (Å²) in [5.41, 5.74) is 4.38. The van der Waals surface area contributed by atoms with Crippen molar-refractivity contribution < 1.29 is 4.74 Å². The SMILES string of the molecule is COc1ccc(C=C(C#N)c2nc3ccc(C)cc3[nH]2)c2ccccc12. The molecule has 0 aliphatic rings. The molecule has 4 aromatic rings. The number of imidazole rings is 1. The van der Waals surface area contributed by atoms with E-state index < -0.39 is 0 Å². The summed E-state index contributed by atoms with van der Waals surface area (Å²) in [4.78, 5) is 7.82. The summed E-state index contributed by atoms with van der Waals surface area (Å²) in [5, 5.41) is 11.7. The number of hydrogen-bond acceptors (Lipinski definition) is 3. The Morgan fingerprint density at radius 3 is 2.69 bits per heavy atom. The van der Waals surface area contributed by atoms with Gasteiger partial charge in [0.15, 0.2) is 0 Å². The Hall–Kier alpha value is -3.58. The van der Waals surface area contributed by atoms with E-state index in [1.165, 1.54) is 0 Å². The number of hydrogen-bond donors (Lipinski definition) is 1. The van der Waals surface area contributed by atoms with Gasteiger partial charge in [-0.3, -0.25) is 0 Å². The molecule has 0 aliphatic heterocycles. The van der Waals surface area contributed by atoms with E-state index in [-0.39, 0.29) is 0 Å². The van der Waals surface area contributed by atoms with Crippen molar-refractivity contribution in [3.05, 3.63) is 71.5 Å². The second-order valence-corrected chi connectivity index (χ2v) is 6.18. The molecule has 0 unspecified atom stereocenters. The molecule has 0 atom stereocenters. The third-order valence-electron chi connectivity index (χ3n) is 4.45. The molecule has 0 spiro atoms. The van der Waals surface area contributed by atoms with E-state index in [1.807, 2.05) is 67.6 Å². The molecule has 0 amide bonds. The van der Waals surface area contributed by atoms with Crippen LogP contribution in [0.4, 0.5) is 0 Å². The smallest absolute Gasteiger partial charge is 0.149 e. The van der Waals surface area contributed by atoms with Crippen molar-refractivity contribution in [2.75, 3.05) is 7.11 Å². The summed E-state index contributed by atoms with van der Waals surface area (Å²) in [6.07, 6.45) is 1.87. The lowest BCUT2D eigenvalue weighted by Gasteiger charge is -2.08. The van der Waals surface area contributed by atoms with E-state index in [1.54, 1.807) is 7.11 Å². The minimum atomic E-state index is 0.495. The molecule has 4 nitrogen and oxygen atoms in total. The van der Waals surface area contributed by atoms with Gasteiger partial charge < -0.3 is 9.72 Å². The first kappa shape index (κ1) is 15.9. The number of aromatic amines is 1. The van der Waals surface area contributed by atoms with Crippen molar-refractivity contribution in [3.8, 4) is 11.8 Å². The maximum atomic E-state index is 9.69. The Bertz CT molecular complexity index is 1200. The van der Waals surface area contributed by atoms with Crippen LogP contribution in [0.1, 0.15) is 17.0 Å². The van der Waals surface area contributed by atoms with Gasteiger partial charge in [-0.15, -0.1) is 0 Å². The number of fused-ring (bicyclic) bond motifs is 2. The minimum Gasteiger partial charge on any atom is -0.496 e. The Morgan fingerprint density at radius 2 is 1.92 bits per heavy atom. The van der Waals surface area contributed by atoms with Crippen molar-refractivity contribution in [2.24, 2.45) is 0 Å². The molecule has 126 valence electrons. The van der Waals surface area contributed by atoms with E-state index in [2.05, 4.69) is 16.0 Å². The standard InChI is InChI=1S/C22H17N3O/c1-14-7-9-19-20(11-14)25-22(24-19)16(13-23)12-15-8-10-21(26-2)18-6-4-3-5-17(15)18/h3-12H,1-2H3,(H,24,25). The predicted octanol–water partition coefficient (Wildman–Crippen LogP) is 5.10. The Morgan fingerprint density at radius 1 is 1.12 bits per heavy atom. The van der Waals surface area contributed by atoms with Crippen LogP contribution in [-0.4, -0.2) is 17.1 Å². The van der Waals surface area contributed by atoms with Gasteiger partial charge in [0.25, 0.3) is 0 Å². The lowest BCUT2D eigenvalue weighted by Crippen LogP contribution is -1.89.